The van der Waals surface area contributed by atoms with Crippen molar-refractivity contribution in [1.29, 1.82) is 0 Å². The summed E-state index contributed by atoms with van der Waals surface area (Å²) in [7, 11) is 0. The molecule has 1 aromatic carbocycles. The molecule has 0 radical (unpaired) electrons. The van der Waals surface area contributed by atoms with Gasteiger partial charge in [-0.05, 0) is 32.9 Å². The number of fused-ring (bicyclic) bond motifs is 3. The van der Waals surface area contributed by atoms with Gasteiger partial charge in [-0.2, -0.15) is 0 Å². The van der Waals surface area contributed by atoms with Crippen LogP contribution < -0.4 is 5.43 Å². The third kappa shape index (κ3) is 2.04. The van der Waals surface area contributed by atoms with Crippen LogP contribution in [-0.2, 0) is 19.1 Å². The Balaban J connectivity index is 1.67. The zero-order valence-electron chi connectivity index (χ0n) is 13.2. The molecule has 3 aliphatic rings. The first-order chi connectivity index (χ1) is 10.9. The molecule has 1 N–H and O–H groups in total. The van der Waals surface area contributed by atoms with E-state index in [-0.39, 0.29) is 11.8 Å². The molecular formula is C16H19N3O4. The Labute approximate surface area is 134 Å². The van der Waals surface area contributed by atoms with Gasteiger partial charge in [0.2, 0.25) is 0 Å². The fourth-order valence-corrected chi connectivity index (χ4v) is 3.55. The van der Waals surface area contributed by atoms with Crippen LogP contribution in [0.15, 0.2) is 30.3 Å². The number of rotatable bonds is 2. The van der Waals surface area contributed by atoms with E-state index in [1.165, 1.54) is 5.01 Å². The Morgan fingerprint density at radius 3 is 2.48 bits per heavy atom. The van der Waals surface area contributed by atoms with Crippen molar-refractivity contribution in [1.82, 2.24) is 9.91 Å². The van der Waals surface area contributed by atoms with Crippen molar-refractivity contribution in [2.24, 2.45) is 0 Å². The van der Waals surface area contributed by atoms with E-state index in [0.29, 0.717) is 0 Å². The molecule has 0 aliphatic carbocycles. The maximum Gasteiger partial charge on any atom is 0.265 e. The van der Waals surface area contributed by atoms with Crippen molar-refractivity contribution in [3.8, 4) is 0 Å². The fourth-order valence-electron chi connectivity index (χ4n) is 3.55. The predicted molar refractivity (Wildman–Crippen MR) is 80.8 cm³/mol. The van der Waals surface area contributed by atoms with Gasteiger partial charge in [-0.1, -0.05) is 18.2 Å². The zero-order chi connectivity index (χ0) is 16.4. The lowest BCUT2D eigenvalue weighted by atomic mass is 10.2. The number of hydrazine groups is 1. The summed E-state index contributed by atoms with van der Waals surface area (Å²) in [6.07, 6.45) is -1.66. The predicted octanol–water partition coefficient (Wildman–Crippen LogP) is 0.933. The second-order valence-corrected chi connectivity index (χ2v) is 6.54. The van der Waals surface area contributed by atoms with Gasteiger partial charge >= 0.3 is 0 Å². The Bertz CT molecular complexity index is 663. The number of anilines is 1. The molecule has 3 aliphatic heterocycles. The van der Waals surface area contributed by atoms with E-state index in [1.807, 2.05) is 30.3 Å². The van der Waals surface area contributed by atoms with Crippen LogP contribution in [0.2, 0.25) is 0 Å². The number of ether oxygens (including phenoxy) is 2. The standard InChI is InChI=1S/C16H19N3O4/c1-9-14(20)19(17-10-7-5-4-6-8-10)13-11-12(15(21)18(9)13)23-16(2,3)22-11/h4-9,11-13,17H,1-3H3/t9-,11-,12+,13-/m0/s1. The summed E-state index contributed by atoms with van der Waals surface area (Å²) in [4.78, 5) is 26.8. The van der Waals surface area contributed by atoms with Crippen molar-refractivity contribution in [3.05, 3.63) is 30.3 Å². The minimum Gasteiger partial charge on any atom is -0.340 e. The Hall–Kier alpha value is -2.12. The molecule has 2 amide bonds. The lowest BCUT2D eigenvalue weighted by molar-refractivity contribution is -0.175. The third-order valence-corrected chi connectivity index (χ3v) is 4.51. The van der Waals surface area contributed by atoms with Crippen LogP contribution in [0.1, 0.15) is 20.8 Å². The van der Waals surface area contributed by atoms with Gasteiger partial charge in [0.25, 0.3) is 11.8 Å². The highest BCUT2D eigenvalue weighted by Gasteiger charge is 2.65. The van der Waals surface area contributed by atoms with Crippen LogP contribution in [0.5, 0.6) is 0 Å². The summed E-state index contributed by atoms with van der Waals surface area (Å²) in [6, 6.07) is 8.85. The molecule has 122 valence electrons. The first-order valence-corrected chi connectivity index (χ1v) is 7.72. The van der Waals surface area contributed by atoms with Crippen molar-refractivity contribution < 1.29 is 19.1 Å². The molecule has 7 heteroatoms. The van der Waals surface area contributed by atoms with Crippen molar-refractivity contribution in [2.75, 3.05) is 5.43 Å². The number of hydrogen-bond acceptors (Lipinski definition) is 5. The summed E-state index contributed by atoms with van der Waals surface area (Å²) in [5.74, 6) is -1.17. The molecule has 4 rings (SSSR count). The fraction of sp³-hybridized carbons (Fsp3) is 0.500. The van der Waals surface area contributed by atoms with Crippen LogP contribution in [0, 0.1) is 0 Å². The summed E-state index contributed by atoms with van der Waals surface area (Å²) < 4.78 is 11.6. The lowest BCUT2D eigenvalue weighted by Crippen LogP contribution is -2.48. The Morgan fingerprint density at radius 1 is 1.09 bits per heavy atom. The Kier molecular flexibility index (Phi) is 2.95. The molecule has 7 nitrogen and oxygen atoms in total. The van der Waals surface area contributed by atoms with Crippen molar-refractivity contribution >= 4 is 17.5 Å². The van der Waals surface area contributed by atoms with Crippen LogP contribution in [0.3, 0.4) is 0 Å². The first kappa shape index (κ1) is 14.5. The normalized spacial score (nSPS) is 34.7. The number of carbonyl (C=O) groups excluding carboxylic acids is 2. The molecule has 23 heavy (non-hydrogen) atoms. The highest BCUT2D eigenvalue weighted by Crippen LogP contribution is 2.42. The van der Waals surface area contributed by atoms with E-state index >= 15 is 0 Å². The quantitative estimate of drug-likeness (QED) is 0.879. The highest BCUT2D eigenvalue weighted by molar-refractivity contribution is 5.96. The second-order valence-electron chi connectivity index (χ2n) is 6.54. The lowest BCUT2D eigenvalue weighted by Gasteiger charge is -2.30. The highest BCUT2D eigenvalue weighted by atomic mass is 16.8. The minimum absolute atomic E-state index is 0.154. The number of carbonyl (C=O) groups is 2. The van der Waals surface area contributed by atoms with E-state index in [4.69, 9.17) is 9.47 Å². The summed E-state index contributed by atoms with van der Waals surface area (Å²) in [5.41, 5.74) is 3.89. The summed E-state index contributed by atoms with van der Waals surface area (Å²) in [5, 5.41) is 1.49. The second kappa shape index (κ2) is 4.69. The number of para-hydroxylation sites is 1. The molecule has 1 aromatic rings. The summed E-state index contributed by atoms with van der Waals surface area (Å²) in [6.45, 7) is 5.28. The van der Waals surface area contributed by atoms with Crippen LogP contribution >= 0.6 is 0 Å². The molecule has 0 bridgehead atoms. The van der Waals surface area contributed by atoms with Crippen molar-refractivity contribution in [3.63, 3.8) is 0 Å². The van der Waals surface area contributed by atoms with Gasteiger partial charge in [-0.25, -0.2) is 5.01 Å². The van der Waals surface area contributed by atoms with Gasteiger partial charge in [-0.3, -0.25) is 15.0 Å². The van der Waals surface area contributed by atoms with Crippen LogP contribution in [0.4, 0.5) is 5.69 Å². The van der Waals surface area contributed by atoms with Crippen LogP contribution in [-0.4, -0.2) is 51.9 Å². The number of amides is 2. The molecule has 4 atom stereocenters. The van der Waals surface area contributed by atoms with Gasteiger partial charge < -0.3 is 14.4 Å². The van der Waals surface area contributed by atoms with E-state index in [0.717, 1.165) is 5.69 Å². The SMILES string of the molecule is C[C@H]1C(=O)N(Nc2ccccc2)[C@H]2[C@H]3OC(C)(C)O[C@H]3C(=O)N21. The van der Waals surface area contributed by atoms with E-state index in [9.17, 15) is 9.59 Å². The van der Waals surface area contributed by atoms with Crippen molar-refractivity contribution in [2.45, 2.75) is 51.0 Å². The number of nitrogens with zero attached hydrogens (tertiary/aromatic N) is 2. The molecule has 0 aromatic heterocycles. The minimum atomic E-state index is -0.829. The van der Waals surface area contributed by atoms with E-state index < -0.39 is 30.2 Å². The maximum atomic E-state index is 12.6. The molecular weight excluding hydrogens is 298 g/mol. The molecule has 3 heterocycles. The Morgan fingerprint density at radius 2 is 1.78 bits per heavy atom. The molecule has 0 saturated carbocycles. The topological polar surface area (TPSA) is 71.1 Å². The molecule has 0 spiro atoms. The van der Waals surface area contributed by atoms with E-state index in [2.05, 4.69) is 5.43 Å². The van der Waals surface area contributed by atoms with Gasteiger partial charge in [-0.15, -0.1) is 0 Å². The van der Waals surface area contributed by atoms with Crippen LogP contribution in [0.25, 0.3) is 0 Å². The van der Waals surface area contributed by atoms with E-state index in [1.54, 1.807) is 25.7 Å². The van der Waals surface area contributed by atoms with Gasteiger partial charge in [0.15, 0.2) is 18.1 Å². The average molecular weight is 317 g/mol. The van der Waals surface area contributed by atoms with Gasteiger partial charge in [0, 0.05) is 0 Å². The number of hydrogen-bond donors (Lipinski definition) is 1. The largest absolute Gasteiger partial charge is 0.340 e. The maximum absolute atomic E-state index is 12.6. The number of benzene rings is 1. The smallest absolute Gasteiger partial charge is 0.265 e. The molecule has 3 fully saturated rings. The third-order valence-electron chi connectivity index (χ3n) is 4.51. The molecule has 0 unspecified atom stereocenters. The first-order valence-electron chi connectivity index (χ1n) is 7.72. The monoisotopic (exact) mass is 317 g/mol. The van der Waals surface area contributed by atoms with Gasteiger partial charge in [0.05, 0.1) is 5.69 Å². The van der Waals surface area contributed by atoms with Gasteiger partial charge in [0.1, 0.15) is 12.1 Å². The molecule has 3 saturated heterocycles. The summed E-state index contributed by atoms with van der Waals surface area (Å²) >= 11 is 0. The average Bonchev–Trinajstić information content (AvgIpc) is 3.05. The zero-order valence-corrected chi connectivity index (χ0v) is 13.2. The number of nitrogens with one attached hydrogen (secondary N) is 1.